The van der Waals surface area contributed by atoms with Crippen LogP contribution in [0.3, 0.4) is 0 Å². The zero-order valence-electron chi connectivity index (χ0n) is 16.3. The van der Waals surface area contributed by atoms with Crippen LogP contribution in [0.25, 0.3) is 0 Å². The Hall–Kier alpha value is -1.06. The minimum atomic E-state index is 0. The van der Waals surface area contributed by atoms with Crippen LogP contribution in [0.4, 0.5) is 0 Å². The standard InChI is InChI=1S/C19H32N4O2.HI/c1-15(23-11-12-25-14-16(23)2)13-22-19(20-3)21-10-9-17-5-7-18(24-4)8-6-17;/h5-8,15-16H,9-14H2,1-4H3,(H2,20,21,22);1H. The summed E-state index contributed by atoms with van der Waals surface area (Å²) < 4.78 is 10.7. The number of rotatable bonds is 7. The van der Waals surface area contributed by atoms with Crippen molar-refractivity contribution in [3.8, 4) is 5.75 Å². The summed E-state index contributed by atoms with van der Waals surface area (Å²) in [5, 5.41) is 6.81. The molecule has 2 N–H and O–H groups in total. The number of hydrogen-bond donors (Lipinski definition) is 2. The summed E-state index contributed by atoms with van der Waals surface area (Å²) in [6, 6.07) is 9.09. The van der Waals surface area contributed by atoms with E-state index in [1.165, 1.54) is 5.56 Å². The molecule has 0 saturated carbocycles. The summed E-state index contributed by atoms with van der Waals surface area (Å²) in [6.07, 6.45) is 0.945. The maximum atomic E-state index is 5.51. The molecule has 7 heteroatoms. The number of morpholine rings is 1. The fourth-order valence-electron chi connectivity index (χ4n) is 3.09. The van der Waals surface area contributed by atoms with Gasteiger partial charge in [0.05, 0.1) is 20.3 Å². The van der Waals surface area contributed by atoms with Crippen LogP contribution in [0, 0.1) is 0 Å². The summed E-state index contributed by atoms with van der Waals surface area (Å²) in [5.41, 5.74) is 1.28. The lowest BCUT2D eigenvalue weighted by Gasteiger charge is -2.38. The molecule has 0 spiro atoms. The first-order valence-electron chi connectivity index (χ1n) is 9.05. The van der Waals surface area contributed by atoms with Crippen LogP contribution in [0.15, 0.2) is 29.3 Å². The predicted octanol–water partition coefficient (Wildman–Crippen LogP) is 2.13. The molecular weight excluding hydrogens is 443 g/mol. The number of methoxy groups -OCH3 is 1. The van der Waals surface area contributed by atoms with Crippen molar-refractivity contribution in [1.82, 2.24) is 15.5 Å². The van der Waals surface area contributed by atoms with Crippen LogP contribution in [0.1, 0.15) is 19.4 Å². The van der Waals surface area contributed by atoms with Gasteiger partial charge in [-0.05, 0) is 38.0 Å². The Kier molecular flexibility index (Phi) is 10.9. The molecule has 1 aliphatic rings. The highest BCUT2D eigenvalue weighted by atomic mass is 127. The average molecular weight is 476 g/mol. The van der Waals surface area contributed by atoms with Gasteiger partial charge in [-0.1, -0.05) is 12.1 Å². The molecular formula is C19H33IN4O2. The highest BCUT2D eigenvalue weighted by Gasteiger charge is 2.23. The van der Waals surface area contributed by atoms with Gasteiger partial charge in [-0.15, -0.1) is 24.0 Å². The average Bonchev–Trinajstić information content (AvgIpc) is 2.65. The van der Waals surface area contributed by atoms with Gasteiger partial charge in [-0.3, -0.25) is 9.89 Å². The zero-order valence-corrected chi connectivity index (χ0v) is 18.7. The quantitative estimate of drug-likeness (QED) is 0.359. The van der Waals surface area contributed by atoms with E-state index in [-0.39, 0.29) is 24.0 Å². The summed E-state index contributed by atoms with van der Waals surface area (Å²) in [7, 11) is 3.50. The Morgan fingerprint density at radius 2 is 2.08 bits per heavy atom. The van der Waals surface area contributed by atoms with Crippen molar-refractivity contribution in [2.75, 3.05) is 47.0 Å². The van der Waals surface area contributed by atoms with Gasteiger partial charge in [0.2, 0.25) is 0 Å². The van der Waals surface area contributed by atoms with Crippen molar-refractivity contribution in [1.29, 1.82) is 0 Å². The van der Waals surface area contributed by atoms with Crippen molar-refractivity contribution < 1.29 is 9.47 Å². The Morgan fingerprint density at radius 3 is 2.69 bits per heavy atom. The first kappa shape index (κ1) is 23.0. The number of halogens is 1. The minimum Gasteiger partial charge on any atom is -0.497 e. The normalized spacial score (nSPS) is 19.4. The first-order chi connectivity index (χ1) is 12.1. The van der Waals surface area contributed by atoms with Crippen LogP contribution < -0.4 is 15.4 Å². The number of aliphatic imine (C=N–C) groups is 1. The molecule has 0 aromatic heterocycles. The second-order valence-corrected chi connectivity index (χ2v) is 6.49. The van der Waals surface area contributed by atoms with E-state index in [0.29, 0.717) is 12.1 Å². The molecule has 1 aliphatic heterocycles. The Labute approximate surface area is 174 Å². The molecule has 1 aromatic carbocycles. The lowest BCUT2D eigenvalue weighted by Crippen LogP contribution is -2.53. The number of hydrogen-bond acceptors (Lipinski definition) is 4. The third-order valence-electron chi connectivity index (χ3n) is 4.64. The number of ether oxygens (including phenoxy) is 2. The molecule has 2 rings (SSSR count). The van der Waals surface area contributed by atoms with E-state index >= 15 is 0 Å². The van der Waals surface area contributed by atoms with Crippen molar-refractivity contribution in [3.05, 3.63) is 29.8 Å². The molecule has 0 radical (unpaired) electrons. The molecule has 2 unspecified atom stereocenters. The third-order valence-corrected chi connectivity index (χ3v) is 4.64. The van der Waals surface area contributed by atoms with Crippen LogP contribution >= 0.6 is 24.0 Å². The van der Waals surface area contributed by atoms with Crippen molar-refractivity contribution in [2.45, 2.75) is 32.4 Å². The second kappa shape index (κ2) is 12.3. The smallest absolute Gasteiger partial charge is 0.191 e. The highest BCUT2D eigenvalue weighted by Crippen LogP contribution is 2.11. The molecule has 2 atom stereocenters. The lowest BCUT2D eigenvalue weighted by atomic mass is 10.1. The third kappa shape index (κ3) is 7.28. The molecule has 1 aromatic rings. The molecule has 1 fully saturated rings. The predicted molar refractivity (Wildman–Crippen MR) is 118 cm³/mol. The largest absolute Gasteiger partial charge is 0.497 e. The van der Waals surface area contributed by atoms with Gasteiger partial charge in [0, 0.05) is 38.8 Å². The van der Waals surface area contributed by atoms with Gasteiger partial charge in [-0.25, -0.2) is 0 Å². The molecule has 148 valence electrons. The SMILES string of the molecule is CN=C(NCCc1ccc(OC)cc1)NCC(C)N1CCOCC1C.I. The van der Waals surface area contributed by atoms with E-state index in [4.69, 9.17) is 9.47 Å². The summed E-state index contributed by atoms with van der Waals surface area (Å²) >= 11 is 0. The minimum absolute atomic E-state index is 0. The number of nitrogens with zero attached hydrogens (tertiary/aromatic N) is 2. The zero-order chi connectivity index (χ0) is 18.1. The number of guanidine groups is 1. The monoisotopic (exact) mass is 476 g/mol. The van der Waals surface area contributed by atoms with E-state index in [1.807, 2.05) is 19.2 Å². The van der Waals surface area contributed by atoms with E-state index in [1.54, 1.807) is 7.11 Å². The fraction of sp³-hybridized carbons (Fsp3) is 0.632. The highest BCUT2D eigenvalue weighted by molar-refractivity contribution is 14.0. The van der Waals surface area contributed by atoms with Gasteiger partial charge in [-0.2, -0.15) is 0 Å². The first-order valence-corrected chi connectivity index (χ1v) is 9.05. The van der Waals surface area contributed by atoms with Gasteiger partial charge in [0.1, 0.15) is 5.75 Å². The molecule has 0 bridgehead atoms. The topological polar surface area (TPSA) is 58.1 Å². The molecule has 1 heterocycles. The van der Waals surface area contributed by atoms with E-state index in [9.17, 15) is 0 Å². The maximum Gasteiger partial charge on any atom is 0.191 e. The maximum absolute atomic E-state index is 5.51. The van der Waals surface area contributed by atoms with Crippen molar-refractivity contribution in [3.63, 3.8) is 0 Å². The number of benzene rings is 1. The summed E-state index contributed by atoms with van der Waals surface area (Å²) in [5.74, 6) is 1.74. The molecule has 6 nitrogen and oxygen atoms in total. The Balaban J connectivity index is 0.00000338. The molecule has 0 amide bonds. The summed E-state index contributed by atoms with van der Waals surface area (Å²) in [6.45, 7) is 8.81. The van der Waals surface area contributed by atoms with E-state index in [2.05, 4.69) is 46.5 Å². The van der Waals surface area contributed by atoms with E-state index < -0.39 is 0 Å². The number of nitrogens with one attached hydrogen (secondary N) is 2. The van der Waals surface area contributed by atoms with Crippen LogP contribution in [0.2, 0.25) is 0 Å². The van der Waals surface area contributed by atoms with Crippen molar-refractivity contribution >= 4 is 29.9 Å². The Morgan fingerprint density at radius 1 is 1.35 bits per heavy atom. The van der Waals surface area contributed by atoms with E-state index in [0.717, 1.165) is 51.0 Å². The van der Waals surface area contributed by atoms with Crippen molar-refractivity contribution in [2.24, 2.45) is 4.99 Å². The van der Waals surface area contributed by atoms with Crippen LogP contribution in [0.5, 0.6) is 5.75 Å². The fourth-order valence-corrected chi connectivity index (χ4v) is 3.09. The molecule has 1 saturated heterocycles. The van der Waals surface area contributed by atoms with Gasteiger partial charge in [0.25, 0.3) is 0 Å². The van der Waals surface area contributed by atoms with Gasteiger partial charge >= 0.3 is 0 Å². The summed E-state index contributed by atoms with van der Waals surface area (Å²) in [4.78, 5) is 6.80. The second-order valence-electron chi connectivity index (χ2n) is 6.49. The van der Waals surface area contributed by atoms with Crippen LogP contribution in [-0.4, -0.2) is 69.9 Å². The molecule has 0 aliphatic carbocycles. The van der Waals surface area contributed by atoms with Gasteiger partial charge in [0.15, 0.2) is 5.96 Å². The Bertz CT molecular complexity index is 539. The lowest BCUT2D eigenvalue weighted by molar-refractivity contribution is -0.0174. The van der Waals surface area contributed by atoms with Crippen LogP contribution in [-0.2, 0) is 11.2 Å². The van der Waals surface area contributed by atoms with Gasteiger partial charge < -0.3 is 20.1 Å². The molecule has 26 heavy (non-hydrogen) atoms.